The maximum Gasteiger partial charge on any atom is 0.143 e. The van der Waals surface area contributed by atoms with Gasteiger partial charge in [0.05, 0.1) is 10.4 Å². The number of fused-ring (bicyclic) bond motifs is 6. The highest BCUT2D eigenvalue weighted by molar-refractivity contribution is 7.27. The Labute approximate surface area is 335 Å². The van der Waals surface area contributed by atoms with Crippen LogP contribution in [-0.4, -0.2) is 0 Å². The average molecular weight is 746 g/mol. The second-order valence-electron chi connectivity index (χ2n) is 14.5. The molecule has 2 nitrogen and oxygen atoms in total. The van der Waals surface area contributed by atoms with Gasteiger partial charge in [0, 0.05) is 43.2 Å². The van der Waals surface area contributed by atoms with Gasteiger partial charge in [-0.1, -0.05) is 170 Å². The Morgan fingerprint density at radius 3 is 1.54 bits per heavy atom. The molecule has 0 saturated carbocycles. The van der Waals surface area contributed by atoms with E-state index in [1.54, 1.807) is 0 Å². The van der Waals surface area contributed by atoms with Gasteiger partial charge in [0.1, 0.15) is 11.2 Å². The van der Waals surface area contributed by atoms with E-state index in [0.29, 0.717) is 0 Å². The average Bonchev–Trinajstić information content (AvgIpc) is 3.87. The third kappa shape index (κ3) is 5.80. The third-order valence-corrected chi connectivity index (χ3v) is 12.4. The first-order valence-corrected chi connectivity index (χ1v) is 20.1. The standard InChI is InChI=1S/C54H35NOS/c1-3-13-36(14-4-1)40-17-9-18-41(35-40)37-27-31-42(32-28-37)55(43-33-29-39(30-34-43)44-20-10-22-47-46-19-7-8-26-51(46)56-52(44)47)50-25-12-24-49-48-23-11-21-45(53(48)57-54(49)50)38-15-5-2-6-16-38/h1-35H. The Kier molecular flexibility index (Phi) is 8.04. The van der Waals surface area contributed by atoms with Gasteiger partial charge in [-0.3, -0.25) is 0 Å². The SMILES string of the molecule is c1ccc(-c2cccc(-c3ccc(N(c4ccc(-c5cccc6c5oc5ccccc56)cc4)c4cccc5c4sc4c(-c6ccccc6)cccc45)cc3)c2)cc1. The molecule has 0 bridgehead atoms. The van der Waals surface area contributed by atoms with E-state index in [0.717, 1.165) is 50.1 Å². The summed E-state index contributed by atoms with van der Waals surface area (Å²) in [7, 11) is 0. The molecule has 0 aliphatic carbocycles. The zero-order valence-corrected chi connectivity index (χ0v) is 31.8. The quantitative estimate of drug-likeness (QED) is 0.162. The fourth-order valence-electron chi connectivity index (χ4n) is 8.33. The summed E-state index contributed by atoms with van der Waals surface area (Å²) in [5.41, 5.74) is 14.7. The molecular weight excluding hydrogens is 711 g/mol. The van der Waals surface area contributed by atoms with Gasteiger partial charge < -0.3 is 9.32 Å². The Morgan fingerprint density at radius 1 is 0.333 bits per heavy atom. The van der Waals surface area contributed by atoms with E-state index >= 15 is 0 Å². The molecule has 2 heterocycles. The molecule has 0 amide bonds. The summed E-state index contributed by atoms with van der Waals surface area (Å²) in [6.07, 6.45) is 0. The zero-order chi connectivity index (χ0) is 37.7. The van der Waals surface area contributed by atoms with Crippen molar-refractivity contribution >= 4 is 70.5 Å². The highest BCUT2D eigenvalue weighted by Gasteiger charge is 2.20. The minimum absolute atomic E-state index is 0.907. The van der Waals surface area contributed by atoms with Gasteiger partial charge in [-0.25, -0.2) is 0 Å². The molecule has 9 aromatic carbocycles. The highest BCUT2D eigenvalue weighted by atomic mass is 32.1. The second kappa shape index (κ2) is 13.8. The number of furan rings is 1. The monoisotopic (exact) mass is 745 g/mol. The van der Waals surface area contributed by atoms with Crippen LogP contribution >= 0.6 is 11.3 Å². The predicted octanol–water partition coefficient (Wildman–Crippen LogP) is 16.1. The number of benzene rings is 9. The van der Waals surface area contributed by atoms with E-state index in [1.165, 1.54) is 53.6 Å². The van der Waals surface area contributed by atoms with Gasteiger partial charge in [0.15, 0.2) is 0 Å². The van der Waals surface area contributed by atoms with Crippen LogP contribution in [0.1, 0.15) is 0 Å². The van der Waals surface area contributed by atoms with Crippen molar-refractivity contribution in [1.29, 1.82) is 0 Å². The van der Waals surface area contributed by atoms with Crippen LogP contribution in [-0.2, 0) is 0 Å². The molecule has 11 aromatic rings. The van der Waals surface area contributed by atoms with Crippen molar-refractivity contribution in [1.82, 2.24) is 0 Å². The minimum Gasteiger partial charge on any atom is -0.455 e. The molecule has 0 saturated heterocycles. The predicted molar refractivity (Wildman–Crippen MR) is 243 cm³/mol. The van der Waals surface area contributed by atoms with Gasteiger partial charge in [0.2, 0.25) is 0 Å². The van der Waals surface area contributed by atoms with E-state index in [4.69, 9.17) is 4.42 Å². The Morgan fingerprint density at radius 2 is 0.825 bits per heavy atom. The normalized spacial score (nSPS) is 11.5. The molecule has 0 aliphatic rings. The lowest BCUT2D eigenvalue weighted by molar-refractivity contribution is 0.670. The van der Waals surface area contributed by atoms with Gasteiger partial charge in [0.25, 0.3) is 0 Å². The number of anilines is 3. The van der Waals surface area contributed by atoms with Crippen LogP contribution < -0.4 is 4.90 Å². The van der Waals surface area contributed by atoms with Crippen LogP contribution in [0.3, 0.4) is 0 Å². The van der Waals surface area contributed by atoms with Gasteiger partial charge >= 0.3 is 0 Å². The van der Waals surface area contributed by atoms with E-state index in [2.05, 4.69) is 205 Å². The van der Waals surface area contributed by atoms with Gasteiger partial charge in [-0.15, -0.1) is 11.3 Å². The molecule has 0 unspecified atom stereocenters. The topological polar surface area (TPSA) is 16.4 Å². The molecule has 2 aromatic heterocycles. The molecular formula is C54H35NOS. The number of hydrogen-bond donors (Lipinski definition) is 0. The van der Waals surface area contributed by atoms with Crippen molar-refractivity contribution < 1.29 is 4.42 Å². The molecule has 268 valence electrons. The second-order valence-corrected chi connectivity index (χ2v) is 15.5. The lowest BCUT2D eigenvalue weighted by Gasteiger charge is -2.26. The fraction of sp³-hybridized carbons (Fsp3) is 0. The fourth-order valence-corrected chi connectivity index (χ4v) is 9.67. The van der Waals surface area contributed by atoms with Crippen molar-refractivity contribution in [3.8, 4) is 44.5 Å². The van der Waals surface area contributed by atoms with E-state index < -0.39 is 0 Å². The summed E-state index contributed by atoms with van der Waals surface area (Å²) < 4.78 is 9.00. The molecule has 57 heavy (non-hydrogen) atoms. The van der Waals surface area contributed by atoms with Crippen LogP contribution in [0.4, 0.5) is 17.1 Å². The van der Waals surface area contributed by atoms with Crippen molar-refractivity contribution in [3.63, 3.8) is 0 Å². The van der Waals surface area contributed by atoms with E-state index in [-0.39, 0.29) is 0 Å². The highest BCUT2D eigenvalue weighted by Crippen LogP contribution is 2.47. The number of hydrogen-bond acceptors (Lipinski definition) is 3. The van der Waals surface area contributed by atoms with Crippen LogP contribution in [0.2, 0.25) is 0 Å². The van der Waals surface area contributed by atoms with Crippen LogP contribution in [0, 0.1) is 0 Å². The largest absolute Gasteiger partial charge is 0.455 e. The van der Waals surface area contributed by atoms with Crippen molar-refractivity contribution in [3.05, 3.63) is 212 Å². The molecule has 0 atom stereocenters. The van der Waals surface area contributed by atoms with Crippen molar-refractivity contribution in [2.24, 2.45) is 0 Å². The maximum absolute atomic E-state index is 6.44. The molecule has 3 heteroatoms. The maximum atomic E-state index is 6.44. The Hall–Kier alpha value is -7.20. The number of rotatable bonds is 7. The lowest BCUT2D eigenvalue weighted by Crippen LogP contribution is -2.10. The molecule has 0 radical (unpaired) electrons. The van der Waals surface area contributed by atoms with Crippen molar-refractivity contribution in [2.45, 2.75) is 0 Å². The number of nitrogens with zero attached hydrogens (tertiary/aromatic N) is 1. The Bertz CT molecular complexity index is 3210. The van der Waals surface area contributed by atoms with Crippen LogP contribution in [0.15, 0.2) is 217 Å². The number of para-hydroxylation sites is 2. The van der Waals surface area contributed by atoms with E-state index in [1.807, 2.05) is 23.5 Å². The minimum atomic E-state index is 0.907. The van der Waals surface area contributed by atoms with Crippen molar-refractivity contribution in [2.75, 3.05) is 4.90 Å². The Balaban J connectivity index is 1.05. The van der Waals surface area contributed by atoms with Gasteiger partial charge in [-0.05, 0) is 81.4 Å². The summed E-state index contributed by atoms with van der Waals surface area (Å²) in [4.78, 5) is 2.41. The molecule has 0 aliphatic heterocycles. The summed E-state index contributed by atoms with van der Waals surface area (Å²) >= 11 is 1.88. The third-order valence-electron chi connectivity index (χ3n) is 11.1. The summed E-state index contributed by atoms with van der Waals surface area (Å²) in [5, 5.41) is 4.81. The van der Waals surface area contributed by atoms with Crippen LogP contribution in [0.25, 0.3) is 86.6 Å². The first-order chi connectivity index (χ1) is 28.3. The summed E-state index contributed by atoms with van der Waals surface area (Å²) in [6.45, 7) is 0. The van der Waals surface area contributed by atoms with Crippen LogP contribution in [0.5, 0.6) is 0 Å². The lowest BCUT2D eigenvalue weighted by atomic mass is 9.98. The first kappa shape index (κ1) is 33.2. The number of thiophene rings is 1. The summed E-state index contributed by atoms with van der Waals surface area (Å²) in [6, 6.07) is 76.2. The molecule has 11 rings (SSSR count). The van der Waals surface area contributed by atoms with E-state index in [9.17, 15) is 0 Å². The molecule has 0 spiro atoms. The first-order valence-electron chi connectivity index (χ1n) is 19.3. The van der Waals surface area contributed by atoms with Gasteiger partial charge in [-0.2, -0.15) is 0 Å². The zero-order valence-electron chi connectivity index (χ0n) is 31.0. The molecule has 0 N–H and O–H groups in total. The summed E-state index contributed by atoms with van der Waals surface area (Å²) in [5.74, 6) is 0. The molecule has 0 fully saturated rings. The smallest absolute Gasteiger partial charge is 0.143 e.